The maximum absolute atomic E-state index is 5.54. The second-order valence-electron chi connectivity index (χ2n) is 5.79. The van der Waals surface area contributed by atoms with Gasteiger partial charge in [-0.3, -0.25) is 4.99 Å². The third-order valence-electron chi connectivity index (χ3n) is 3.95. The van der Waals surface area contributed by atoms with Gasteiger partial charge in [0.1, 0.15) is 10.8 Å². The standard InChI is InChI=1S/C20H21NOS/c1-14(2)19-13-17(16-11-7-8-12-18(16)22-3)21-20(23-19)15-9-5-4-6-10-15/h4-12,17H,13H2,1-3H3. The minimum Gasteiger partial charge on any atom is -0.496 e. The van der Waals surface area contributed by atoms with Crippen LogP contribution in [0.5, 0.6) is 5.75 Å². The predicted molar refractivity (Wildman–Crippen MR) is 99.3 cm³/mol. The maximum atomic E-state index is 5.54. The summed E-state index contributed by atoms with van der Waals surface area (Å²) >= 11 is 1.79. The number of nitrogens with zero attached hydrogens (tertiary/aromatic N) is 1. The molecule has 0 amide bonds. The van der Waals surface area contributed by atoms with Crippen molar-refractivity contribution in [3.05, 3.63) is 76.2 Å². The van der Waals surface area contributed by atoms with Crippen LogP contribution >= 0.6 is 11.8 Å². The zero-order valence-corrected chi connectivity index (χ0v) is 14.6. The van der Waals surface area contributed by atoms with E-state index in [-0.39, 0.29) is 6.04 Å². The Morgan fingerprint density at radius 2 is 1.74 bits per heavy atom. The maximum Gasteiger partial charge on any atom is 0.124 e. The third kappa shape index (κ3) is 3.50. The van der Waals surface area contributed by atoms with E-state index in [1.165, 1.54) is 16.0 Å². The van der Waals surface area contributed by atoms with Gasteiger partial charge in [-0.2, -0.15) is 0 Å². The largest absolute Gasteiger partial charge is 0.496 e. The number of hydrogen-bond donors (Lipinski definition) is 0. The van der Waals surface area contributed by atoms with Gasteiger partial charge < -0.3 is 4.74 Å². The molecule has 23 heavy (non-hydrogen) atoms. The lowest BCUT2D eigenvalue weighted by molar-refractivity contribution is 0.405. The van der Waals surface area contributed by atoms with E-state index in [1.807, 2.05) is 18.2 Å². The molecule has 2 aromatic rings. The molecular weight excluding hydrogens is 302 g/mol. The summed E-state index contributed by atoms with van der Waals surface area (Å²) < 4.78 is 5.54. The lowest BCUT2D eigenvalue weighted by Gasteiger charge is -2.25. The summed E-state index contributed by atoms with van der Waals surface area (Å²) in [6.45, 7) is 4.35. The molecule has 1 aliphatic heterocycles. The zero-order chi connectivity index (χ0) is 16.2. The quantitative estimate of drug-likeness (QED) is 0.732. The zero-order valence-electron chi connectivity index (χ0n) is 13.7. The van der Waals surface area contributed by atoms with Crippen molar-refractivity contribution in [2.45, 2.75) is 26.3 Å². The van der Waals surface area contributed by atoms with E-state index < -0.39 is 0 Å². The molecule has 0 aromatic heterocycles. The molecule has 3 heteroatoms. The Morgan fingerprint density at radius 3 is 2.43 bits per heavy atom. The number of ether oxygens (including phenoxy) is 1. The highest BCUT2D eigenvalue weighted by Crippen LogP contribution is 2.42. The number of allylic oxidation sites excluding steroid dienone is 1. The molecule has 0 radical (unpaired) electrons. The van der Waals surface area contributed by atoms with E-state index in [2.05, 4.69) is 50.2 Å². The summed E-state index contributed by atoms with van der Waals surface area (Å²) in [5.74, 6) is 0.911. The first-order chi connectivity index (χ1) is 11.2. The number of hydrogen-bond acceptors (Lipinski definition) is 3. The molecule has 1 atom stereocenters. The van der Waals surface area contributed by atoms with Crippen LogP contribution in [0.25, 0.3) is 0 Å². The fourth-order valence-corrected chi connectivity index (χ4v) is 3.80. The molecule has 1 unspecified atom stereocenters. The van der Waals surface area contributed by atoms with E-state index in [1.54, 1.807) is 18.9 Å². The Kier molecular flexibility index (Phi) is 4.87. The van der Waals surface area contributed by atoms with Crippen molar-refractivity contribution in [2.24, 2.45) is 4.99 Å². The predicted octanol–water partition coefficient (Wildman–Crippen LogP) is 5.61. The van der Waals surface area contributed by atoms with Gasteiger partial charge in [0, 0.05) is 17.5 Å². The first-order valence-corrected chi connectivity index (χ1v) is 8.61. The number of para-hydroxylation sites is 1. The second-order valence-corrected chi connectivity index (χ2v) is 6.87. The van der Waals surface area contributed by atoms with Crippen molar-refractivity contribution < 1.29 is 4.74 Å². The van der Waals surface area contributed by atoms with Gasteiger partial charge in [-0.1, -0.05) is 65.9 Å². The Labute approximate surface area is 142 Å². The molecule has 0 fully saturated rings. The molecular formula is C20H21NOS. The monoisotopic (exact) mass is 323 g/mol. The minimum absolute atomic E-state index is 0.104. The van der Waals surface area contributed by atoms with Crippen LogP contribution in [0.3, 0.4) is 0 Å². The molecule has 2 nitrogen and oxygen atoms in total. The number of thioether (sulfide) groups is 1. The van der Waals surface area contributed by atoms with E-state index >= 15 is 0 Å². The van der Waals surface area contributed by atoms with E-state index in [9.17, 15) is 0 Å². The first kappa shape index (κ1) is 15.9. The van der Waals surface area contributed by atoms with Crippen molar-refractivity contribution >= 4 is 16.8 Å². The molecule has 2 aromatic carbocycles. The van der Waals surface area contributed by atoms with E-state index in [4.69, 9.17) is 9.73 Å². The number of aliphatic imine (C=N–C) groups is 1. The van der Waals surface area contributed by atoms with Gasteiger partial charge in [-0.05, 0) is 24.8 Å². The Bertz CT molecular complexity index is 745. The average molecular weight is 323 g/mol. The molecule has 0 bridgehead atoms. The lowest BCUT2D eigenvalue weighted by Crippen LogP contribution is -2.10. The van der Waals surface area contributed by atoms with Crippen LogP contribution in [-0.2, 0) is 0 Å². The molecule has 0 N–H and O–H groups in total. The summed E-state index contributed by atoms with van der Waals surface area (Å²) in [7, 11) is 1.72. The number of methoxy groups -OCH3 is 1. The molecule has 0 saturated carbocycles. The van der Waals surface area contributed by atoms with Gasteiger partial charge in [-0.25, -0.2) is 0 Å². The molecule has 1 heterocycles. The SMILES string of the molecule is COc1ccccc1C1CC(=C(C)C)SC(c2ccccc2)=N1. The summed E-state index contributed by atoms with van der Waals surface area (Å²) in [6.07, 6.45) is 0.934. The van der Waals surface area contributed by atoms with Gasteiger partial charge in [-0.15, -0.1) is 0 Å². The number of rotatable bonds is 3. The van der Waals surface area contributed by atoms with Crippen molar-refractivity contribution in [3.8, 4) is 5.75 Å². The highest BCUT2D eigenvalue weighted by atomic mass is 32.2. The summed E-state index contributed by atoms with van der Waals surface area (Å²) in [4.78, 5) is 6.43. The molecule has 0 saturated heterocycles. The van der Waals surface area contributed by atoms with Gasteiger partial charge in [0.15, 0.2) is 0 Å². The summed E-state index contributed by atoms with van der Waals surface area (Å²) in [5.41, 5.74) is 3.69. The van der Waals surface area contributed by atoms with Crippen LogP contribution in [0.15, 0.2) is 70.1 Å². The van der Waals surface area contributed by atoms with Crippen molar-refractivity contribution in [1.82, 2.24) is 0 Å². The highest BCUT2D eigenvalue weighted by Gasteiger charge is 2.24. The van der Waals surface area contributed by atoms with E-state index in [0.717, 1.165) is 22.8 Å². The lowest BCUT2D eigenvalue weighted by atomic mass is 10.0. The van der Waals surface area contributed by atoms with Gasteiger partial charge in [0.05, 0.1) is 13.2 Å². The van der Waals surface area contributed by atoms with Gasteiger partial charge in [0.25, 0.3) is 0 Å². The van der Waals surface area contributed by atoms with Crippen molar-refractivity contribution in [1.29, 1.82) is 0 Å². The molecule has 118 valence electrons. The smallest absolute Gasteiger partial charge is 0.124 e. The average Bonchev–Trinajstić information content (AvgIpc) is 2.62. The third-order valence-corrected chi connectivity index (χ3v) is 5.30. The van der Waals surface area contributed by atoms with Gasteiger partial charge in [0.2, 0.25) is 0 Å². The fourth-order valence-electron chi connectivity index (χ4n) is 2.69. The summed E-state index contributed by atoms with van der Waals surface area (Å²) in [6, 6.07) is 18.7. The van der Waals surface area contributed by atoms with Crippen LogP contribution < -0.4 is 4.74 Å². The Morgan fingerprint density at radius 1 is 1.04 bits per heavy atom. The second kappa shape index (κ2) is 7.05. The number of benzene rings is 2. The van der Waals surface area contributed by atoms with Crippen molar-refractivity contribution in [3.63, 3.8) is 0 Å². The minimum atomic E-state index is 0.104. The van der Waals surface area contributed by atoms with Crippen LogP contribution in [0.2, 0.25) is 0 Å². The normalized spacial score (nSPS) is 17.6. The molecule has 0 aliphatic carbocycles. The van der Waals surface area contributed by atoms with Gasteiger partial charge >= 0.3 is 0 Å². The Balaban J connectivity index is 2.07. The summed E-state index contributed by atoms with van der Waals surface area (Å²) in [5, 5.41) is 1.09. The Hall–Kier alpha value is -2.00. The molecule has 3 rings (SSSR count). The molecule has 0 spiro atoms. The van der Waals surface area contributed by atoms with Crippen LogP contribution in [0, 0.1) is 0 Å². The van der Waals surface area contributed by atoms with Crippen LogP contribution in [0.4, 0.5) is 0 Å². The first-order valence-electron chi connectivity index (χ1n) is 7.79. The molecule has 1 aliphatic rings. The topological polar surface area (TPSA) is 21.6 Å². The van der Waals surface area contributed by atoms with Crippen LogP contribution in [0.1, 0.15) is 37.4 Å². The fraction of sp³-hybridized carbons (Fsp3) is 0.250. The highest BCUT2D eigenvalue weighted by molar-refractivity contribution is 8.17. The van der Waals surface area contributed by atoms with Crippen LogP contribution in [-0.4, -0.2) is 12.2 Å². The van der Waals surface area contributed by atoms with E-state index in [0.29, 0.717) is 0 Å². The van der Waals surface area contributed by atoms with Crippen molar-refractivity contribution in [2.75, 3.05) is 7.11 Å².